The number of hydrogen-bond acceptors (Lipinski definition) is 5. The van der Waals surface area contributed by atoms with E-state index in [1.165, 1.54) is 11.3 Å². The van der Waals surface area contributed by atoms with E-state index in [9.17, 15) is 14.4 Å². The molecule has 7 nitrogen and oxygen atoms in total. The van der Waals surface area contributed by atoms with Crippen LogP contribution in [0.5, 0.6) is 0 Å². The lowest BCUT2D eigenvalue weighted by Gasteiger charge is -2.33. The fraction of sp³-hybridized carbons (Fsp3) is 0.500. The van der Waals surface area contributed by atoms with Crippen molar-refractivity contribution in [2.24, 2.45) is 0 Å². The quantitative estimate of drug-likeness (QED) is 0.670. The number of rotatable bonds is 6. The van der Waals surface area contributed by atoms with Gasteiger partial charge in [-0.25, -0.2) is 0 Å². The van der Waals surface area contributed by atoms with Crippen molar-refractivity contribution in [1.82, 2.24) is 15.1 Å². The minimum atomic E-state index is -0.265. The zero-order chi connectivity index (χ0) is 22.8. The highest BCUT2D eigenvalue weighted by atomic mass is 16.3. The number of nitrogens with zero attached hydrogens (tertiary/aromatic N) is 2. The molecule has 1 aromatic heterocycles. The van der Waals surface area contributed by atoms with Crippen molar-refractivity contribution in [3.05, 3.63) is 59.0 Å². The summed E-state index contributed by atoms with van der Waals surface area (Å²) in [4.78, 5) is 42.7. The summed E-state index contributed by atoms with van der Waals surface area (Å²) in [7, 11) is 0. The highest BCUT2D eigenvalue weighted by Crippen LogP contribution is 2.31. The number of imide groups is 1. The molecule has 3 aliphatic rings. The molecule has 174 valence electrons. The number of furan rings is 1. The first kappa shape index (κ1) is 21.9. The maximum absolute atomic E-state index is 13.1. The molecule has 5 rings (SSSR count). The Bertz CT molecular complexity index is 1020. The first-order valence-electron chi connectivity index (χ1n) is 12.2. The lowest BCUT2D eigenvalue weighted by Crippen LogP contribution is -2.41. The number of benzene rings is 1. The van der Waals surface area contributed by atoms with Crippen molar-refractivity contribution in [2.45, 2.75) is 63.5 Å². The van der Waals surface area contributed by atoms with E-state index in [-0.39, 0.29) is 29.8 Å². The van der Waals surface area contributed by atoms with Crippen LogP contribution in [-0.4, -0.2) is 53.2 Å². The number of fused-ring (bicyclic) bond motifs is 1. The minimum Gasteiger partial charge on any atom is -0.468 e. The highest BCUT2D eigenvalue weighted by Gasteiger charge is 2.40. The molecular formula is C26H31N3O4. The Morgan fingerprint density at radius 1 is 0.970 bits per heavy atom. The molecule has 0 radical (unpaired) electrons. The smallest absolute Gasteiger partial charge is 0.261 e. The number of hydrogen-bond donors (Lipinski definition) is 1. The zero-order valence-corrected chi connectivity index (χ0v) is 18.9. The van der Waals surface area contributed by atoms with Crippen LogP contribution in [0.3, 0.4) is 0 Å². The van der Waals surface area contributed by atoms with Crippen LogP contribution in [0.1, 0.15) is 94.2 Å². The Hall–Kier alpha value is -2.93. The normalized spacial score (nSPS) is 20.7. The van der Waals surface area contributed by atoms with Gasteiger partial charge in [0.1, 0.15) is 5.76 Å². The summed E-state index contributed by atoms with van der Waals surface area (Å²) in [5.41, 5.74) is 1.15. The Morgan fingerprint density at radius 3 is 2.42 bits per heavy atom. The van der Waals surface area contributed by atoms with Gasteiger partial charge in [-0.05, 0) is 69.1 Å². The molecule has 2 fully saturated rings. The maximum Gasteiger partial charge on any atom is 0.261 e. The van der Waals surface area contributed by atoms with Crippen LogP contribution in [0.2, 0.25) is 0 Å². The van der Waals surface area contributed by atoms with Gasteiger partial charge in [0.15, 0.2) is 0 Å². The summed E-state index contributed by atoms with van der Waals surface area (Å²) in [5.74, 6) is 0.105. The van der Waals surface area contributed by atoms with E-state index in [4.69, 9.17) is 4.42 Å². The van der Waals surface area contributed by atoms with Crippen molar-refractivity contribution in [1.29, 1.82) is 0 Å². The zero-order valence-electron chi connectivity index (χ0n) is 18.9. The maximum atomic E-state index is 13.1. The third-order valence-electron chi connectivity index (χ3n) is 7.28. The van der Waals surface area contributed by atoms with Gasteiger partial charge < -0.3 is 9.73 Å². The average Bonchev–Trinajstić information content (AvgIpc) is 3.47. The standard InChI is InChI=1S/C26H31N3O4/c30-24(27-17-22(23-10-7-15-33-23)28-13-5-2-6-14-28)18-11-12-20-21(16-18)26(32)29(25(20)31)19-8-3-1-4-9-19/h7,10-12,15-16,19,22H,1-6,8-9,13-14,17H2,(H,27,30). The summed E-state index contributed by atoms with van der Waals surface area (Å²) >= 11 is 0. The van der Waals surface area contributed by atoms with Gasteiger partial charge in [-0.3, -0.25) is 24.2 Å². The molecule has 1 atom stereocenters. The van der Waals surface area contributed by atoms with Crippen LogP contribution in [0.15, 0.2) is 41.0 Å². The second-order valence-electron chi connectivity index (χ2n) is 9.37. The predicted molar refractivity (Wildman–Crippen MR) is 123 cm³/mol. The second kappa shape index (κ2) is 9.51. The fourth-order valence-electron chi connectivity index (χ4n) is 5.48. The summed E-state index contributed by atoms with van der Waals surface area (Å²) in [5, 5.41) is 3.03. The number of carbonyl (C=O) groups is 3. The molecule has 1 N–H and O–H groups in total. The van der Waals surface area contributed by atoms with E-state index < -0.39 is 0 Å². The van der Waals surface area contributed by atoms with E-state index in [0.717, 1.165) is 63.8 Å². The average molecular weight is 450 g/mol. The minimum absolute atomic E-state index is 0.0244. The van der Waals surface area contributed by atoms with Crippen molar-refractivity contribution >= 4 is 17.7 Å². The molecule has 0 bridgehead atoms. The van der Waals surface area contributed by atoms with Crippen LogP contribution >= 0.6 is 0 Å². The molecule has 1 aliphatic carbocycles. The number of piperidine rings is 1. The van der Waals surface area contributed by atoms with Gasteiger partial charge in [-0.15, -0.1) is 0 Å². The number of nitrogens with one attached hydrogen (secondary N) is 1. The van der Waals surface area contributed by atoms with E-state index >= 15 is 0 Å². The summed E-state index contributed by atoms with van der Waals surface area (Å²) < 4.78 is 5.66. The first-order chi connectivity index (χ1) is 16.1. The summed E-state index contributed by atoms with van der Waals surface area (Å²) in [6.45, 7) is 2.38. The van der Waals surface area contributed by atoms with Crippen molar-refractivity contribution < 1.29 is 18.8 Å². The SMILES string of the molecule is O=C(NCC(c1ccco1)N1CCCCC1)c1ccc2c(c1)C(=O)N(C1CCCCC1)C2=O. The van der Waals surface area contributed by atoms with Crippen LogP contribution in [-0.2, 0) is 0 Å². The summed E-state index contributed by atoms with van der Waals surface area (Å²) in [6, 6.07) is 8.62. The third kappa shape index (κ3) is 4.34. The first-order valence-corrected chi connectivity index (χ1v) is 12.2. The third-order valence-corrected chi connectivity index (χ3v) is 7.28. The van der Waals surface area contributed by atoms with E-state index in [1.807, 2.05) is 12.1 Å². The van der Waals surface area contributed by atoms with E-state index in [1.54, 1.807) is 24.5 Å². The molecule has 3 amide bonds. The second-order valence-corrected chi connectivity index (χ2v) is 9.37. The Kier molecular flexibility index (Phi) is 6.31. The van der Waals surface area contributed by atoms with Crippen LogP contribution in [0.25, 0.3) is 0 Å². The topological polar surface area (TPSA) is 82.9 Å². The number of amides is 3. The molecule has 3 heterocycles. The van der Waals surface area contributed by atoms with Crippen molar-refractivity contribution in [2.75, 3.05) is 19.6 Å². The highest BCUT2D eigenvalue weighted by molar-refractivity contribution is 6.22. The summed E-state index contributed by atoms with van der Waals surface area (Å²) in [6.07, 6.45) is 10.1. The Labute approximate surface area is 194 Å². The molecule has 2 aliphatic heterocycles. The van der Waals surface area contributed by atoms with Gasteiger partial charge in [0, 0.05) is 18.2 Å². The molecule has 0 spiro atoms. The largest absolute Gasteiger partial charge is 0.468 e. The van der Waals surface area contributed by atoms with Crippen LogP contribution in [0.4, 0.5) is 0 Å². The molecule has 7 heteroatoms. The monoisotopic (exact) mass is 449 g/mol. The lowest BCUT2D eigenvalue weighted by atomic mass is 9.94. The molecule has 33 heavy (non-hydrogen) atoms. The molecular weight excluding hydrogens is 418 g/mol. The number of carbonyl (C=O) groups excluding carboxylic acids is 3. The molecule has 1 saturated heterocycles. The van der Waals surface area contributed by atoms with Gasteiger partial charge in [0.05, 0.1) is 23.4 Å². The van der Waals surface area contributed by atoms with E-state index in [0.29, 0.717) is 23.2 Å². The Morgan fingerprint density at radius 2 is 1.70 bits per heavy atom. The van der Waals surface area contributed by atoms with Crippen molar-refractivity contribution in [3.63, 3.8) is 0 Å². The fourth-order valence-corrected chi connectivity index (χ4v) is 5.48. The van der Waals surface area contributed by atoms with E-state index in [2.05, 4.69) is 10.2 Å². The van der Waals surface area contributed by atoms with Crippen LogP contribution in [0, 0.1) is 0 Å². The molecule has 1 saturated carbocycles. The van der Waals surface area contributed by atoms with Gasteiger partial charge in [-0.1, -0.05) is 25.7 Å². The van der Waals surface area contributed by atoms with Crippen LogP contribution < -0.4 is 5.32 Å². The van der Waals surface area contributed by atoms with Gasteiger partial charge in [-0.2, -0.15) is 0 Å². The lowest BCUT2D eigenvalue weighted by molar-refractivity contribution is 0.0548. The Balaban J connectivity index is 1.29. The molecule has 1 aromatic carbocycles. The molecule has 2 aromatic rings. The van der Waals surface area contributed by atoms with Gasteiger partial charge >= 0.3 is 0 Å². The number of likely N-dealkylation sites (tertiary alicyclic amines) is 1. The van der Waals surface area contributed by atoms with Crippen molar-refractivity contribution in [3.8, 4) is 0 Å². The molecule has 1 unspecified atom stereocenters. The van der Waals surface area contributed by atoms with Gasteiger partial charge in [0.25, 0.3) is 17.7 Å². The predicted octanol–water partition coefficient (Wildman–Crippen LogP) is 4.17. The van der Waals surface area contributed by atoms with Gasteiger partial charge in [0.2, 0.25) is 0 Å².